The fourth-order valence-corrected chi connectivity index (χ4v) is 1.57. The molecule has 0 amide bonds. The molecule has 0 aliphatic carbocycles. The first-order valence-electron chi connectivity index (χ1n) is 6.24. The molecule has 0 unspecified atom stereocenters. The van der Waals surface area contributed by atoms with Gasteiger partial charge in [-0.2, -0.15) is 0 Å². The van der Waals surface area contributed by atoms with Gasteiger partial charge < -0.3 is 5.11 Å². The van der Waals surface area contributed by atoms with Crippen LogP contribution in [0.5, 0.6) is 0 Å². The SMILES string of the molecule is CCCCN(CC#Cc1ccccc1)CCO. The number of rotatable bonds is 6. The maximum Gasteiger partial charge on any atom is 0.0606 e. The number of aliphatic hydroxyl groups excluding tert-OH is 1. The van der Waals surface area contributed by atoms with Crippen molar-refractivity contribution in [1.82, 2.24) is 4.90 Å². The monoisotopic (exact) mass is 231 g/mol. The summed E-state index contributed by atoms with van der Waals surface area (Å²) in [4.78, 5) is 2.19. The molecule has 2 heteroatoms. The van der Waals surface area contributed by atoms with Gasteiger partial charge >= 0.3 is 0 Å². The third kappa shape index (κ3) is 6.11. The molecule has 0 saturated heterocycles. The van der Waals surface area contributed by atoms with E-state index in [0.29, 0.717) is 6.54 Å². The van der Waals surface area contributed by atoms with E-state index in [2.05, 4.69) is 23.7 Å². The second-order valence-corrected chi connectivity index (χ2v) is 4.02. The van der Waals surface area contributed by atoms with E-state index in [1.54, 1.807) is 0 Å². The van der Waals surface area contributed by atoms with Crippen molar-refractivity contribution in [3.05, 3.63) is 35.9 Å². The number of hydrogen-bond donors (Lipinski definition) is 1. The summed E-state index contributed by atoms with van der Waals surface area (Å²) in [5.74, 6) is 6.30. The van der Waals surface area contributed by atoms with Crippen LogP contribution in [0.1, 0.15) is 25.3 Å². The van der Waals surface area contributed by atoms with Crippen LogP contribution < -0.4 is 0 Å². The lowest BCUT2D eigenvalue weighted by atomic mass is 10.2. The molecule has 92 valence electrons. The lowest BCUT2D eigenvalue weighted by Crippen LogP contribution is -2.28. The van der Waals surface area contributed by atoms with Crippen LogP contribution in [0.3, 0.4) is 0 Å². The van der Waals surface area contributed by atoms with Crippen LogP contribution in [-0.2, 0) is 0 Å². The van der Waals surface area contributed by atoms with E-state index in [0.717, 1.165) is 25.1 Å². The highest BCUT2D eigenvalue weighted by atomic mass is 16.3. The van der Waals surface area contributed by atoms with Gasteiger partial charge in [-0.3, -0.25) is 4.90 Å². The van der Waals surface area contributed by atoms with Gasteiger partial charge in [-0.15, -0.1) is 0 Å². The minimum absolute atomic E-state index is 0.205. The highest BCUT2D eigenvalue weighted by Gasteiger charge is 2.00. The minimum atomic E-state index is 0.205. The maximum absolute atomic E-state index is 8.96. The standard InChI is InChI=1S/C15H21NO/c1-2-3-11-16(13-14-17)12-7-10-15-8-5-4-6-9-15/h4-6,8-9,17H,2-3,11-14H2,1H3. The van der Waals surface area contributed by atoms with Gasteiger partial charge in [0.05, 0.1) is 13.2 Å². The Labute approximate surface area is 104 Å². The summed E-state index contributed by atoms with van der Waals surface area (Å²) in [6.07, 6.45) is 2.33. The quantitative estimate of drug-likeness (QED) is 0.758. The molecular formula is C15H21NO. The molecule has 0 radical (unpaired) electrons. The normalized spacial score (nSPS) is 10.1. The Morgan fingerprint density at radius 2 is 1.94 bits per heavy atom. The van der Waals surface area contributed by atoms with E-state index < -0.39 is 0 Å². The number of aliphatic hydroxyl groups is 1. The largest absolute Gasteiger partial charge is 0.395 e. The van der Waals surface area contributed by atoms with Crippen LogP contribution in [0.25, 0.3) is 0 Å². The first kappa shape index (κ1) is 13.8. The fourth-order valence-electron chi connectivity index (χ4n) is 1.57. The van der Waals surface area contributed by atoms with E-state index in [-0.39, 0.29) is 6.61 Å². The van der Waals surface area contributed by atoms with E-state index in [1.807, 2.05) is 30.3 Å². The van der Waals surface area contributed by atoms with Gasteiger partial charge in [-0.1, -0.05) is 43.4 Å². The summed E-state index contributed by atoms with van der Waals surface area (Å²) >= 11 is 0. The van der Waals surface area contributed by atoms with Gasteiger partial charge in [0.25, 0.3) is 0 Å². The minimum Gasteiger partial charge on any atom is -0.395 e. The Morgan fingerprint density at radius 1 is 1.18 bits per heavy atom. The summed E-state index contributed by atoms with van der Waals surface area (Å²) in [6.45, 7) is 4.84. The lowest BCUT2D eigenvalue weighted by Gasteiger charge is -2.17. The molecule has 0 heterocycles. The van der Waals surface area contributed by atoms with Crippen LogP contribution in [0.4, 0.5) is 0 Å². The fraction of sp³-hybridized carbons (Fsp3) is 0.467. The van der Waals surface area contributed by atoms with Crippen molar-refractivity contribution in [2.24, 2.45) is 0 Å². The second-order valence-electron chi connectivity index (χ2n) is 4.02. The zero-order chi connectivity index (χ0) is 12.3. The van der Waals surface area contributed by atoms with Crippen molar-refractivity contribution < 1.29 is 5.11 Å². The van der Waals surface area contributed by atoms with Crippen LogP contribution in [0, 0.1) is 11.8 Å². The van der Waals surface area contributed by atoms with E-state index in [1.165, 1.54) is 6.42 Å². The molecular weight excluding hydrogens is 210 g/mol. The van der Waals surface area contributed by atoms with Gasteiger partial charge in [-0.25, -0.2) is 0 Å². The van der Waals surface area contributed by atoms with Gasteiger partial charge in [0.2, 0.25) is 0 Å². The number of unbranched alkanes of at least 4 members (excludes halogenated alkanes) is 1. The molecule has 0 fully saturated rings. The first-order valence-corrected chi connectivity index (χ1v) is 6.24. The predicted molar refractivity (Wildman–Crippen MR) is 71.8 cm³/mol. The Balaban J connectivity index is 2.43. The average Bonchev–Trinajstić information content (AvgIpc) is 2.37. The zero-order valence-electron chi connectivity index (χ0n) is 10.5. The molecule has 17 heavy (non-hydrogen) atoms. The van der Waals surface area contributed by atoms with Crippen LogP contribution in [0.2, 0.25) is 0 Å². The topological polar surface area (TPSA) is 23.5 Å². The highest BCUT2D eigenvalue weighted by molar-refractivity contribution is 5.33. The molecule has 0 aromatic heterocycles. The number of benzene rings is 1. The molecule has 0 spiro atoms. The first-order chi connectivity index (χ1) is 8.36. The lowest BCUT2D eigenvalue weighted by molar-refractivity contribution is 0.208. The van der Waals surface area contributed by atoms with Crippen molar-refractivity contribution in [3.8, 4) is 11.8 Å². The van der Waals surface area contributed by atoms with Crippen molar-refractivity contribution in [1.29, 1.82) is 0 Å². The third-order valence-corrected chi connectivity index (χ3v) is 2.55. The zero-order valence-corrected chi connectivity index (χ0v) is 10.5. The van der Waals surface area contributed by atoms with Crippen LogP contribution >= 0.6 is 0 Å². The summed E-state index contributed by atoms with van der Waals surface area (Å²) in [6, 6.07) is 9.99. The summed E-state index contributed by atoms with van der Waals surface area (Å²) in [5, 5.41) is 8.96. The molecule has 0 saturated carbocycles. The molecule has 1 rings (SSSR count). The Hall–Kier alpha value is -1.30. The smallest absolute Gasteiger partial charge is 0.0606 e. The summed E-state index contributed by atoms with van der Waals surface area (Å²) < 4.78 is 0. The van der Waals surface area contributed by atoms with Gasteiger partial charge in [0.15, 0.2) is 0 Å². The molecule has 0 bridgehead atoms. The molecule has 1 aromatic rings. The average molecular weight is 231 g/mol. The van der Waals surface area contributed by atoms with Crippen molar-refractivity contribution in [2.75, 3.05) is 26.2 Å². The van der Waals surface area contributed by atoms with Crippen molar-refractivity contribution in [2.45, 2.75) is 19.8 Å². The molecule has 0 atom stereocenters. The van der Waals surface area contributed by atoms with E-state index in [9.17, 15) is 0 Å². The Bertz CT molecular complexity index is 350. The van der Waals surface area contributed by atoms with Gasteiger partial charge in [0.1, 0.15) is 0 Å². The summed E-state index contributed by atoms with van der Waals surface area (Å²) in [5.41, 5.74) is 1.05. The van der Waals surface area contributed by atoms with E-state index >= 15 is 0 Å². The van der Waals surface area contributed by atoms with E-state index in [4.69, 9.17) is 5.11 Å². The molecule has 1 aromatic carbocycles. The predicted octanol–water partition coefficient (Wildman–Crippen LogP) is 2.13. The molecule has 0 aliphatic rings. The summed E-state index contributed by atoms with van der Waals surface area (Å²) in [7, 11) is 0. The third-order valence-electron chi connectivity index (χ3n) is 2.55. The maximum atomic E-state index is 8.96. The Morgan fingerprint density at radius 3 is 2.59 bits per heavy atom. The number of nitrogens with zero attached hydrogens (tertiary/aromatic N) is 1. The second kappa shape index (κ2) is 8.81. The number of hydrogen-bond acceptors (Lipinski definition) is 2. The van der Waals surface area contributed by atoms with Gasteiger partial charge in [0, 0.05) is 12.1 Å². The van der Waals surface area contributed by atoms with Crippen LogP contribution in [0.15, 0.2) is 30.3 Å². The van der Waals surface area contributed by atoms with Gasteiger partial charge in [-0.05, 0) is 25.1 Å². The molecule has 1 N–H and O–H groups in total. The Kier molecular flexibility index (Phi) is 7.13. The molecule has 2 nitrogen and oxygen atoms in total. The van der Waals surface area contributed by atoms with Crippen LogP contribution in [-0.4, -0.2) is 36.2 Å². The highest BCUT2D eigenvalue weighted by Crippen LogP contribution is 1.96. The van der Waals surface area contributed by atoms with Crippen molar-refractivity contribution >= 4 is 0 Å². The molecule has 0 aliphatic heterocycles. The van der Waals surface area contributed by atoms with Crippen molar-refractivity contribution in [3.63, 3.8) is 0 Å².